The highest BCUT2D eigenvalue weighted by atomic mass is 32.2. The van der Waals surface area contributed by atoms with E-state index in [0.29, 0.717) is 36.4 Å². The normalized spacial score (nSPS) is 14.3. The lowest BCUT2D eigenvalue weighted by Gasteiger charge is -2.19. The lowest BCUT2D eigenvalue weighted by molar-refractivity contribution is -0.113. The Labute approximate surface area is 196 Å². The van der Waals surface area contributed by atoms with Crippen LogP contribution in [-0.2, 0) is 14.8 Å². The van der Waals surface area contributed by atoms with Crippen LogP contribution < -0.4 is 10.1 Å². The van der Waals surface area contributed by atoms with Crippen molar-refractivity contribution in [3.8, 4) is 17.1 Å². The van der Waals surface area contributed by atoms with Crippen molar-refractivity contribution in [3.05, 3.63) is 42.7 Å². The number of hydrogen-bond acceptors (Lipinski definition) is 8. The number of aromatic amines is 1. The van der Waals surface area contributed by atoms with E-state index in [-0.39, 0.29) is 22.3 Å². The van der Waals surface area contributed by atoms with Gasteiger partial charge in [0, 0.05) is 36.7 Å². The second kappa shape index (κ2) is 10.3. The molecule has 2 N–H and O–H groups in total. The maximum atomic E-state index is 13.1. The largest absolute Gasteiger partial charge is 0.492 e. The van der Waals surface area contributed by atoms with E-state index >= 15 is 0 Å². The van der Waals surface area contributed by atoms with E-state index in [2.05, 4.69) is 25.5 Å². The molecule has 1 aliphatic rings. The molecule has 10 nitrogen and oxygen atoms in total. The van der Waals surface area contributed by atoms with E-state index in [4.69, 9.17) is 4.74 Å². The molecular formula is C21H24N6O4S2. The van der Waals surface area contributed by atoms with E-state index in [0.717, 1.165) is 18.4 Å². The number of thioether (sulfide) groups is 1. The Morgan fingerprint density at radius 2 is 1.97 bits per heavy atom. The van der Waals surface area contributed by atoms with Crippen LogP contribution in [0.1, 0.15) is 19.8 Å². The number of carbonyl (C=O) groups is 1. The van der Waals surface area contributed by atoms with Crippen LogP contribution in [0, 0.1) is 0 Å². The molecule has 33 heavy (non-hydrogen) atoms. The van der Waals surface area contributed by atoms with Crippen molar-refractivity contribution in [1.82, 2.24) is 24.5 Å². The molecule has 0 unspecified atom stereocenters. The molecule has 3 heterocycles. The van der Waals surface area contributed by atoms with Crippen molar-refractivity contribution in [3.63, 3.8) is 0 Å². The molecule has 0 saturated carbocycles. The summed E-state index contributed by atoms with van der Waals surface area (Å²) in [4.78, 5) is 20.9. The Hall–Kier alpha value is -2.96. The van der Waals surface area contributed by atoms with Crippen molar-refractivity contribution < 1.29 is 17.9 Å². The van der Waals surface area contributed by atoms with Crippen LogP contribution >= 0.6 is 11.8 Å². The first kappa shape index (κ1) is 23.2. The molecule has 2 aromatic heterocycles. The lowest BCUT2D eigenvalue weighted by atomic mass is 10.3. The third-order valence-electron chi connectivity index (χ3n) is 4.96. The number of ether oxygens (including phenoxy) is 1. The number of anilines is 1. The molecule has 1 amide bonds. The average Bonchev–Trinajstić information content (AvgIpc) is 3.52. The van der Waals surface area contributed by atoms with Crippen molar-refractivity contribution in [1.29, 1.82) is 0 Å². The molecule has 12 heteroatoms. The third kappa shape index (κ3) is 5.52. The zero-order chi connectivity index (χ0) is 23.3. The number of nitrogens with one attached hydrogen (secondary N) is 2. The molecule has 0 spiro atoms. The predicted octanol–water partition coefficient (Wildman–Crippen LogP) is 2.78. The number of pyridine rings is 1. The summed E-state index contributed by atoms with van der Waals surface area (Å²) >= 11 is 1.17. The van der Waals surface area contributed by atoms with Gasteiger partial charge in [-0.05, 0) is 50.1 Å². The van der Waals surface area contributed by atoms with Gasteiger partial charge in [0.15, 0.2) is 5.82 Å². The Balaban J connectivity index is 1.43. The molecule has 174 valence electrons. The van der Waals surface area contributed by atoms with E-state index in [1.807, 2.05) is 0 Å². The molecular weight excluding hydrogens is 464 g/mol. The molecule has 1 aromatic carbocycles. The van der Waals surface area contributed by atoms with Crippen LogP contribution in [0.25, 0.3) is 11.4 Å². The van der Waals surface area contributed by atoms with Crippen molar-refractivity contribution in [2.45, 2.75) is 29.8 Å². The minimum absolute atomic E-state index is 0.0627. The van der Waals surface area contributed by atoms with E-state index < -0.39 is 10.0 Å². The number of rotatable bonds is 9. The third-order valence-corrected chi connectivity index (χ3v) is 7.73. The average molecular weight is 489 g/mol. The summed E-state index contributed by atoms with van der Waals surface area (Å²) in [6.07, 6.45) is 4.99. The summed E-state index contributed by atoms with van der Waals surface area (Å²) in [5.74, 6) is 0.628. The number of hydrogen-bond donors (Lipinski definition) is 2. The minimum Gasteiger partial charge on any atom is -0.492 e. The quantitative estimate of drug-likeness (QED) is 0.440. The first-order valence-corrected chi connectivity index (χ1v) is 12.9. The smallest absolute Gasteiger partial charge is 0.246 e. The molecule has 0 atom stereocenters. The van der Waals surface area contributed by atoms with E-state index in [9.17, 15) is 13.2 Å². The highest BCUT2D eigenvalue weighted by molar-refractivity contribution is 7.99. The minimum atomic E-state index is -3.71. The summed E-state index contributed by atoms with van der Waals surface area (Å²) in [6, 6.07) is 8.27. The topological polar surface area (TPSA) is 130 Å². The van der Waals surface area contributed by atoms with E-state index in [1.165, 1.54) is 22.1 Å². The molecule has 0 radical (unpaired) electrons. The summed E-state index contributed by atoms with van der Waals surface area (Å²) in [6.45, 7) is 3.10. The zero-order valence-electron chi connectivity index (χ0n) is 18.0. The molecule has 1 fully saturated rings. The summed E-state index contributed by atoms with van der Waals surface area (Å²) in [7, 11) is -3.71. The number of amides is 1. The van der Waals surface area contributed by atoms with Gasteiger partial charge in [0.25, 0.3) is 0 Å². The Kier molecular flexibility index (Phi) is 7.26. The predicted molar refractivity (Wildman–Crippen MR) is 125 cm³/mol. The van der Waals surface area contributed by atoms with E-state index in [1.54, 1.807) is 43.6 Å². The molecule has 0 bridgehead atoms. The van der Waals surface area contributed by atoms with Gasteiger partial charge in [-0.3, -0.25) is 14.9 Å². The van der Waals surface area contributed by atoms with Gasteiger partial charge >= 0.3 is 0 Å². The molecule has 1 aliphatic heterocycles. The maximum absolute atomic E-state index is 13.1. The monoisotopic (exact) mass is 488 g/mol. The molecule has 4 rings (SSSR count). The Bertz CT molecular complexity index is 1210. The molecule has 0 aliphatic carbocycles. The highest BCUT2D eigenvalue weighted by Crippen LogP contribution is 2.31. The van der Waals surface area contributed by atoms with Gasteiger partial charge in [-0.2, -0.15) is 4.31 Å². The standard InChI is InChI=1S/C21H24N6O4S2/c1-2-31-17-6-5-16(13-18(17)33(29,30)27-11-3-4-12-27)23-19(28)14-32-21-24-20(25-26-21)15-7-9-22-10-8-15/h5-10,13H,2-4,11-12,14H2,1H3,(H,23,28)(H,24,25,26). The summed E-state index contributed by atoms with van der Waals surface area (Å²) in [5, 5.41) is 10.1. The first-order valence-electron chi connectivity index (χ1n) is 10.5. The summed E-state index contributed by atoms with van der Waals surface area (Å²) < 4.78 is 33.2. The fraction of sp³-hybridized carbons (Fsp3) is 0.333. The number of H-pyrrole nitrogens is 1. The number of aromatic nitrogens is 4. The second-order valence-corrected chi connectivity index (χ2v) is 10.1. The molecule has 1 saturated heterocycles. The van der Waals surface area contributed by atoms with Crippen molar-refractivity contribution in [2.75, 3.05) is 30.8 Å². The van der Waals surface area contributed by atoms with Gasteiger partial charge in [0.2, 0.25) is 21.1 Å². The van der Waals surface area contributed by atoms with Gasteiger partial charge in [-0.25, -0.2) is 13.4 Å². The number of sulfonamides is 1. The first-order chi connectivity index (χ1) is 16.0. The van der Waals surface area contributed by atoms with Crippen LogP contribution in [0.15, 0.2) is 52.8 Å². The van der Waals surface area contributed by atoms with Gasteiger partial charge in [0.05, 0.1) is 12.4 Å². The number of benzene rings is 1. The van der Waals surface area contributed by atoms with Crippen LogP contribution in [0.5, 0.6) is 5.75 Å². The summed E-state index contributed by atoms with van der Waals surface area (Å²) in [5.41, 5.74) is 1.23. The van der Waals surface area contributed by atoms with Gasteiger partial charge in [-0.1, -0.05) is 11.8 Å². The number of nitrogens with zero attached hydrogens (tertiary/aromatic N) is 4. The van der Waals surface area contributed by atoms with Gasteiger partial charge in [0.1, 0.15) is 10.6 Å². The SMILES string of the molecule is CCOc1ccc(NC(=O)CSc2n[nH]c(-c3ccncc3)n2)cc1S(=O)(=O)N1CCCC1. The fourth-order valence-electron chi connectivity index (χ4n) is 3.41. The van der Waals surface area contributed by atoms with Crippen LogP contribution in [0.4, 0.5) is 5.69 Å². The lowest BCUT2D eigenvalue weighted by Crippen LogP contribution is -2.28. The van der Waals surface area contributed by atoms with Crippen molar-refractivity contribution in [2.24, 2.45) is 0 Å². The Morgan fingerprint density at radius 1 is 1.21 bits per heavy atom. The second-order valence-electron chi connectivity index (χ2n) is 7.25. The zero-order valence-corrected chi connectivity index (χ0v) is 19.7. The fourth-order valence-corrected chi connectivity index (χ4v) is 5.68. The van der Waals surface area contributed by atoms with Crippen LogP contribution in [0.2, 0.25) is 0 Å². The molecule has 3 aromatic rings. The van der Waals surface area contributed by atoms with Crippen LogP contribution in [0.3, 0.4) is 0 Å². The maximum Gasteiger partial charge on any atom is 0.246 e. The highest BCUT2D eigenvalue weighted by Gasteiger charge is 2.30. The van der Waals surface area contributed by atoms with Gasteiger partial charge < -0.3 is 10.1 Å². The van der Waals surface area contributed by atoms with Crippen LogP contribution in [-0.4, -0.2) is 64.2 Å². The van der Waals surface area contributed by atoms with Gasteiger partial charge in [-0.15, -0.1) is 5.10 Å². The Morgan fingerprint density at radius 3 is 2.70 bits per heavy atom. The van der Waals surface area contributed by atoms with Crippen molar-refractivity contribution >= 4 is 33.4 Å². The number of carbonyl (C=O) groups excluding carboxylic acids is 1.